The minimum Gasteiger partial charge on any atom is -0.306 e. The summed E-state index contributed by atoms with van der Waals surface area (Å²) >= 11 is 3.37. The molecule has 0 bridgehead atoms. The fraction of sp³-hybridized carbons (Fsp3) is 0.375. The van der Waals surface area contributed by atoms with E-state index in [1.165, 1.54) is 0 Å². The first-order valence-electron chi connectivity index (χ1n) is 7.29. The topological polar surface area (TPSA) is 64.0 Å². The summed E-state index contributed by atoms with van der Waals surface area (Å²) < 4.78 is 14.5. The fourth-order valence-electron chi connectivity index (χ4n) is 2.55. The van der Waals surface area contributed by atoms with Crippen LogP contribution in [0.2, 0.25) is 0 Å². The number of carbonyl (C=O) groups is 1. The van der Waals surface area contributed by atoms with Gasteiger partial charge in [-0.15, -0.1) is 0 Å². The average Bonchev–Trinajstić information content (AvgIpc) is 2.96. The van der Waals surface area contributed by atoms with Crippen LogP contribution < -0.4 is 5.32 Å². The Labute approximate surface area is 146 Å². The van der Waals surface area contributed by atoms with Gasteiger partial charge in [-0.3, -0.25) is 9.00 Å². The van der Waals surface area contributed by atoms with Gasteiger partial charge < -0.3 is 5.32 Å². The van der Waals surface area contributed by atoms with E-state index in [0.717, 1.165) is 15.7 Å². The molecule has 1 aromatic heterocycles. The molecule has 1 atom stereocenters. The monoisotopic (exact) mass is 395 g/mol. The van der Waals surface area contributed by atoms with Gasteiger partial charge in [-0.25, -0.2) is 4.68 Å². The molecule has 0 radical (unpaired) electrons. The molecule has 1 N–H and O–H groups in total. The number of benzene rings is 1. The summed E-state index contributed by atoms with van der Waals surface area (Å²) in [5, 5.41) is 7.54. The molecule has 1 aromatic carbocycles. The number of fused-ring (bicyclic) bond motifs is 1. The Bertz CT molecular complexity index is 808. The lowest BCUT2D eigenvalue weighted by molar-refractivity contribution is 0.102. The Morgan fingerprint density at radius 1 is 1.35 bits per heavy atom. The molecule has 2 heterocycles. The highest BCUT2D eigenvalue weighted by Gasteiger charge is 2.31. The molecule has 1 aliphatic rings. The molecule has 2 aromatic rings. The summed E-state index contributed by atoms with van der Waals surface area (Å²) in [6.07, 6.45) is 0. The second-order valence-corrected chi connectivity index (χ2v) is 8.92. The molecule has 23 heavy (non-hydrogen) atoms. The van der Waals surface area contributed by atoms with Crippen molar-refractivity contribution < 1.29 is 9.00 Å². The maximum Gasteiger partial charge on any atom is 0.256 e. The number of nitrogens with zero attached hydrogens (tertiary/aromatic N) is 2. The predicted molar refractivity (Wildman–Crippen MR) is 94.9 cm³/mol. The summed E-state index contributed by atoms with van der Waals surface area (Å²) in [4.78, 5) is 12.6. The lowest BCUT2D eigenvalue weighted by Crippen LogP contribution is -2.27. The number of hydrogen-bond donors (Lipinski definition) is 1. The van der Waals surface area contributed by atoms with Crippen LogP contribution >= 0.6 is 15.9 Å². The quantitative estimate of drug-likeness (QED) is 0.846. The third-order valence-corrected chi connectivity index (χ3v) is 5.32. The Morgan fingerprint density at radius 3 is 2.74 bits per heavy atom. The zero-order chi connectivity index (χ0) is 16.8. The van der Waals surface area contributed by atoms with Gasteiger partial charge in [0, 0.05) is 26.4 Å². The zero-order valence-electron chi connectivity index (χ0n) is 13.2. The maximum atomic E-state index is 12.6. The number of anilines is 1. The van der Waals surface area contributed by atoms with Crippen LogP contribution in [0.25, 0.3) is 0 Å². The van der Waals surface area contributed by atoms with E-state index in [0.29, 0.717) is 22.9 Å². The van der Waals surface area contributed by atoms with E-state index in [1.54, 1.807) is 12.1 Å². The first kappa shape index (κ1) is 16.4. The van der Waals surface area contributed by atoms with Gasteiger partial charge in [-0.1, -0.05) is 22.0 Å². The van der Waals surface area contributed by atoms with Crippen LogP contribution in [0.5, 0.6) is 0 Å². The summed E-state index contributed by atoms with van der Waals surface area (Å²) in [5.41, 5.74) is 2.00. The van der Waals surface area contributed by atoms with E-state index in [-0.39, 0.29) is 11.4 Å². The third kappa shape index (κ3) is 3.26. The lowest BCUT2D eigenvalue weighted by atomic mass is 10.1. The Hall–Kier alpha value is -1.47. The second-order valence-electron chi connectivity index (χ2n) is 6.55. The Kier molecular flexibility index (Phi) is 4.18. The zero-order valence-corrected chi connectivity index (χ0v) is 15.6. The highest BCUT2D eigenvalue weighted by molar-refractivity contribution is 9.10. The van der Waals surface area contributed by atoms with E-state index in [2.05, 4.69) is 26.3 Å². The van der Waals surface area contributed by atoms with E-state index in [1.807, 2.05) is 37.6 Å². The molecule has 122 valence electrons. The fourth-order valence-corrected chi connectivity index (χ4v) is 4.21. The van der Waals surface area contributed by atoms with Gasteiger partial charge in [0.25, 0.3) is 5.91 Å². The summed E-state index contributed by atoms with van der Waals surface area (Å²) in [6.45, 7) is 6.09. The van der Waals surface area contributed by atoms with Gasteiger partial charge in [0.2, 0.25) is 0 Å². The molecule has 0 unspecified atom stereocenters. The van der Waals surface area contributed by atoms with Gasteiger partial charge >= 0.3 is 0 Å². The average molecular weight is 396 g/mol. The molecule has 0 aliphatic carbocycles. The molecule has 0 fully saturated rings. The number of aromatic nitrogens is 2. The highest BCUT2D eigenvalue weighted by atomic mass is 79.9. The Morgan fingerprint density at radius 2 is 2.09 bits per heavy atom. The minimum atomic E-state index is -0.931. The lowest BCUT2D eigenvalue weighted by Gasteiger charge is -2.23. The van der Waals surface area contributed by atoms with Gasteiger partial charge in [0.05, 0.1) is 22.7 Å². The molecule has 0 saturated heterocycles. The molecule has 1 amide bonds. The predicted octanol–water partition coefficient (Wildman–Crippen LogP) is 3.42. The Balaban J connectivity index is 1.99. The number of halogens is 1. The van der Waals surface area contributed by atoms with Crippen LogP contribution in [0.15, 0.2) is 28.7 Å². The summed E-state index contributed by atoms with van der Waals surface area (Å²) in [5.74, 6) is 1.36. The van der Waals surface area contributed by atoms with Crippen LogP contribution in [0.3, 0.4) is 0 Å². The SMILES string of the molecule is CC(C)(C)n1nc2c(c1NC(=O)c1cccc(Br)c1)C[S@@](=O)C2. The van der Waals surface area contributed by atoms with Gasteiger partial charge in [-0.05, 0) is 39.0 Å². The molecular formula is C16H18BrN3O2S. The second kappa shape index (κ2) is 5.87. The van der Waals surface area contributed by atoms with Gasteiger partial charge in [-0.2, -0.15) is 5.10 Å². The van der Waals surface area contributed by atoms with Crippen LogP contribution in [0.1, 0.15) is 42.4 Å². The van der Waals surface area contributed by atoms with Crippen molar-refractivity contribution in [2.45, 2.75) is 37.8 Å². The minimum absolute atomic E-state index is 0.197. The number of rotatable bonds is 2. The van der Waals surface area contributed by atoms with E-state index < -0.39 is 10.8 Å². The van der Waals surface area contributed by atoms with Crippen molar-refractivity contribution in [1.82, 2.24) is 9.78 Å². The number of carbonyl (C=O) groups excluding carboxylic acids is 1. The molecule has 5 nitrogen and oxygen atoms in total. The maximum absolute atomic E-state index is 12.6. The van der Waals surface area contributed by atoms with Crippen LogP contribution in [0, 0.1) is 0 Å². The smallest absolute Gasteiger partial charge is 0.256 e. The van der Waals surface area contributed by atoms with Crippen molar-refractivity contribution in [1.29, 1.82) is 0 Å². The van der Waals surface area contributed by atoms with E-state index in [9.17, 15) is 9.00 Å². The van der Waals surface area contributed by atoms with Gasteiger partial charge in [0.1, 0.15) is 5.82 Å². The van der Waals surface area contributed by atoms with Crippen molar-refractivity contribution in [2.24, 2.45) is 0 Å². The molecular weight excluding hydrogens is 378 g/mol. The van der Waals surface area contributed by atoms with Crippen molar-refractivity contribution in [3.8, 4) is 0 Å². The van der Waals surface area contributed by atoms with Crippen molar-refractivity contribution in [3.05, 3.63) is 45.6 Å². The van der Waals surface area contributed by atoms with Crippen LogP contribution in [-0.2, 0) is 27.8 Å². The standard InChI is InChI=1S/C16H18BrN3O2S/c1-16(2,3)20-14(12-8-23(22)9-13(12)19-20)18-15(21)10-5-4-6-11(17)7-10/h4-7H,8-9H2,1-3H3,(H,18,21)/t23-/m1/s1. The molecule has 3 rings (SSSR count). The van der Waals surface area contributed by atoms with E-state index in [4.69, 9.17) is 0 Å². The highest BCUT2D eigenvalue weighted by Crippen LogP contribution is 2.33. The first-order valence-corrected chi connectivity index (χ1v) is 9.57. The molecule has 0 saturated carbocycles. The third-order valence-electron chi connectivity index (χ3n) is 3.62. The normalized spacial score (nSPS) is 17.1. The molecule has 0 spiro atoms. The van der Waals surface area contributed by atoms with Gasteiger partial charge in [0.15, 0.2) is 0 Å². The number of nitrogens with one attached hydrogen (secondary N) is 1. The van der Waals surface area contributed by atoms with Crippen molar-refractivity contribution in [3.63, 3.8) is 0 Å². The summed E-state index contributed by atoms with van der Waals surface area (Å²) in [6, 6.07) is 7.22. The van der Waals surface area contributed by atoms with E-state index >= 15 is 0 Å². The van der Waals surface area contributed by atoms with Crippen LogP contribution in [0.4, 0.5) is 5.82 Å². The van der Waals surface area contributed by atoms with Crippen molar-refractivity contribution in [2.75, 3.05) is 5.32 Å². The number of hydrogen-bond acceptors (Lipinski definition) is 3. The largest absolute Gasteiger partial charge is 0.306 e. The summed E-state index contributed by atoms with van der Waals surface area (Å²) in [7, 11) is -0.931. The number of amides is 1. The van der Waals surface area contributed by atoms with Crippen LogP contribution in [-0.4, -0.2) is 19.9 Å². The van der Waals surface area contributed by atoms with Crippen molar-refractivity contribution >= 4 is 38.5 Å². The molecule has 7 heteroatoms. The first-order chi connectivity index (χ1) is 10.8. The molecule has 1 aliphatic heterocycles.